The van der Waals surface area contributed by atoms with E-state index in [2.05, 4.69) is 256 Å². The number of rotatable bonds is 8. The van der Waals surface area contributed by atoms with Crippen LogP contribution < -0.4 is 10.6 Å². The van der Waals surface area contributed by atoms with Crippen LogP contribution in [0, 0.1) is 0 Å². The van der Waals surface area contributed by atoms with Crippen molar-refractivity contribution in [3.8, 4) is 44.5 Å². The molecule has 0 aliphatic rings. The van der Waals surface area contributed by atoms with Crippen LogP contribution in [0.5, 0.6) is 0 Å². The molecule has 322 valence electrons. The molecule has 2 heteroatoms. The Kier molecular flexibility index (Phi) is 9.13. The maximum atomic E-state index is 4.11. The second kappa shape index (κ2) is 15.6. The van der Waals surface area contributed by atoms with Crippen LogP contribution in [-0.2, 0) is 5.41 Å². The molecule has 0 saturated carbocycles. The predicted molar refractivity (Wildman–Crippen MR) is 294 cm³/mol. The molecule has 0 spiro atoms. The highest BCUT2D eigenvalue weighted by molar-refractivity contribution is 6.27. The Labute approximate surface area is 396 Å². The predicted octanol–water partition coefficient (Wildman–Crippen LogP) is 18.9. The average Bonchev–Trinajstić information content (AvgIpc) is 3.37. The van der Waals surface area contributed by atoms with Gasteiger partial charge in [0.2, 0.25) is 0 Å². The minimum absolute atomic E-state index is 0.143. The van der Waals surface area contributed by atoms with Crippen molar-refractivity contribution < 1.29 is 0 Å². The molecular weight excluding hydrogens is 821 g/mol. The first-order chi connectivity index (χ1) is 33.3. The zero-order valence-electron chi connectivity index (χ0n) is 38.4. The van der Waals surface area contributed by atoms with Crippen LogP contribution in [-0.4, -0.2) is 0 Å². The Hall–Kier alpha value is -8.46. The molecule has 0 saturated heterocycles. The summed E-state index contributed by atoms with van der Waals surface area (Å²) in [7, 11) is 0. The Morgan fingerprint density at radius 1 is 0.279 bits per heavy atom. The van der Waals surface area contributed by atoms with Gasteiger partial charge in [-0.05, 0) is 116 Å². The molecule has 13 aromatic carbocycles. The minimum Gasteiger partial charge on any atom is -0.354 e. The highest BCUT2D eigenvalue weighted by Gasteiger charge is 2.22. The Bertz CT molecular complexity index is 3760. The number of para-hydroxylation sites is 2. The van der Waals surface area contributed by atoms with Gasteiger partial charge in [0.1, 0.15) is 0 Å². The summed E-state index contributed by atoms with van der Waals surface area (Å²) in [6.07, 6.45) is 0. The van der Waals surface area contributed by atoms with E-state index in [1.807, 2.05) is 0 Å². The number of benzene rings is 13. The molecule has 2 N–H and O–H groups in total. The molecule has 0 fully saturated rings. The first kappa shape index (κ1) is 39.9. The van der Waals surface area contributed by atoms with Crippen LogP contribution in [0.1, 0.15) is 26.3 Å². The minimum atomic E-state index is -0.143. The molecular formula is C66H48N2. The van der Waals surface area contributed by atoms with E-state index in [-0.39, 0.29) is 5.41 Å². The van der Waals surface area contributed by atoms with Gasteiger partial charge in [-0.25, -0.2) is 0 Å². The molecule has 13 aromatic rings. The highest BCUT2D eigenvalue weighted by Crippen LogP contribution is 2.48. The third-order valence-corrected chi connectivity index (χ3v) is 14.3. The van der Waals surface area contributed by atoms with Crippen LogP contribution in [0.4, 0.5) is 22.7 Å². The summed E-state index contributed by atoms with van der Waals surface area (Å²) >= 11 is 0. The van der Waals surface area contributed by atoms with Gasteiger partial charge < -0.3 is 10.6 Å². The van der Waals surface area contributed by atoms with Gasteiger partial charge in [0.15, 0.2) is 0 Å². The van der Waals surface area contributed by atoms with E-state index in [9.17, 15) is 0 Å². The molecule has 0 unspecified atom stereocenters. The Morgan fingerprint density at radius 2 is 0.632 bits per heavy atom. The van der Waals surface area contributed by atoms with E-state index in [4.69, 9.17) is 0 Å². The van der Waals surface area contributed by atoms with Crippen molar-refractivity contribution in [2.45, 2.75) is 26.2 Å². The highest BCUT2D eigenvalue weighted by atomic mass is 14.9. The topological polar surface area (TPSA) is 24.1 Å². The molecule has 13 rings (SSSR count). The van der Waals surface area contributed by atoms with Gasteiger partial charge in [-0.1, -0.05) is 227 Å². The fraction of sp³-hybridized carbons (Fsp3) is 0.0606. The van der Waals surface area contributed by atoms with E-state index in [1.54, 1.807) is 0 Å². The van der Waals surface area contributed by atoms with Crippen LogP contribution in [0.3, 0.4) is 0 Å². The molecule has 0 heterocycles. The first-order valence-corrected chi connectivity index (χ1v) is 23.7. The molecule has 0 aliphatic carbocycles. The Balaban J connectivity index is 1.00. The average molecular weight is 869 g/mol. The second-order valence-electron chi connectivity index (χ2n) is 19.4. The summed E-state index contributed by atoms with van der Waals surface area (Å²) in [6.45, 7) is 6.91. The molecule has 68 heavy (non-hydrogen) atoms. The van der Waals surface area contributed by atoms with Crippen molar-refractivity contribution in [1.82, 2.24) is 0 Å². The van der Waals surface area contributed by atoms with Gasteiger partial charge in [0.25, 0.3) is 0 Å². The van der Waals surface area contributed by atoms with Crippen molar-refractivity contribution in [3.63, 3.8) is 0 Å². The van der Waals surface area contributed by atoms with Crippen molar-refractivity contribution in [3.05, 3.63) is 230 Å². The molecule has 0 aliphatic heterocycles. The Morgan fingerprint density at radius 3 is 1.04 bits per heavy atom. The summed E-state index contributed by atoms with van der Waals surface area (Å²) < 4.78 is 0. The second-order valence-corrected chi connectivity index (χ2v) is 19.4. The lowest BCUT2D eigenvalue weighted by Crippen LogP contribution is -2.12. The third-order valence-electron chi connectivity index (χ3n) is 14.3. The maximum Gasteiger partial charge on any atom is 0.0543 e. The van der Waals surface area contributed by atoms with E-state index < -0.39 is 0 Å². The molecule has 0 bridgehead atoms. The maximum absolute atomic E-state index is 4.11. The fourth-order valence-corrected chi connectivity index (χ4v) is 11.0. The van der Waals surface area contributed by atoms with E-state index in [1.165, 1.54) is 81.3 Å². The number of nitrogens with one attached hydrogen (secondary N) is 2. The van der Waals surface area contributed by atoms with Gasteiger partial charge in [0, 0.05) is 33.6 Å². The van der Waals surface area contributed by atoms with Crippen LogP contribution in [0.2, 0.25) is 0 Å². The van der Waals surface area contributed by atoms with Gasteiger partial charge in [0.05, 0.1) is 11.4 Å². The van der Waals surface area contributed by atoms with Gasteiger partial charge in [-0.3, -0.25) is 0 Å². The summed E-state index contributed by atoms with van der Waals surface area (Å²) in [5.74, 6) is 0. The molecule has 0 radical (unpaired) electrons. The lowest BCUT2D eigenvalue weighted by Gasteiger charge is -2.25. The number of hydrogen-bond acceptors (Lipinski definition) is 2. The molecule has 0 aromatic heterocycles. The number of hydrogen-bond donors (Lipinski definition) is 2. The van der Waals surface area contributed by atoms with Gasteiger partial charge in [-0.15, -0.1) is 0 Å². The van der Waals surface area contributed by atoms with Crippen molar-refractivity contribution in [1.29, 1.82) is 0 Å². The monoisotopic (exact) mass is 868 g/mol. The standard InChI is InChI=1S/C66H48N2/c1-66(2,3)49-38-50(67-64-52(41-14-6-4-7-15-41)22-12-24-58(64)54-34-30-47-28-26-43-18-10-20-45-32-36-56(54)62(47)60(43)45)40-51(39-49)68-65-53(42-16-8-5-9-17-42)23-13-25-59(65)55-35-31-48-29-27-44-19-11-21-46-33-37-57(55)63(48)61(44)46/h4-40,67-68H,1-3H3. The van der Waals surface area contributed by atoms with E-state index >= 15 is 0 Å². The molecule has 0 amide bonds. The zero-order valence-corrected chi connectivity index (χ0v) is 38.4. The lowest BCUT2D eigenvalue weighted by molar-refractivity contribution is 0.591. The van der Waals surface area contributed by atoms with Crippen molar-refractivity contribution in [2.24, 2.45) is 0 Å². The molecule has 2 nitrogen and oxygen atoms in total. The quantitative estimate of drug-likeness (QED) is 0.149. The lowest BCUT2D eigenvalue weighted by atomic mass is 9.86. The summed E-state index contributed by atoms with van der Waals surface area (Å²) in [6, 6.07) is 82.8. The van der Waals surface area contributed by atoms with Crippen molar-refractivity contribution in [2.75, 3.05) is 10.6 Å². The van der Waals surface area contributed by atoms with Crippen LogP contribution >= 0.6 is 0 Å². The fourth-order valence-electron chi connectivity index (χ4n) is 11.0. The SMILES string of the molecule is CC(C)(C)c1cc(Nc2c(-c3ccccc3)cccc2-c2ccc3ccc4cccc5ccc2c3c45)cc(Nc2c(-c3ccccc3)cccc2-c2ccc3ccc4cccc5ccc2c3c45)c1. The first-order valence-electron chi connectivity index (χ1n) is 23.7. The van der Waals surface area contributed by atoms with Crippen molar-refractivity contribution >= 4 is 87.4 Å². The van der Waals surface area contributed by atoms with Crippen LogP contribution in [0.15, 0.2) is 224 Å². The van der Waals surface area contributed by atoms with Crippen LogP contribution in [0.25, 0.3) is 109 Å². The van der Waals surface area contributed by atoms with E-state index in [0.29, 0.717) is 0 Å². The third kappa shape index (κ3) is 6.55. The summed E-state index contributed by atoms with van der Waals surface area (Å²) in [4.78, 5) is 0. The molecule has 0 atom stereocenters. The summed E-state index contributed by atoms with van der Waals surface area (Å²) in [5, 5.41) is 23.6. The smallest absolute Gasteiger partial charge is 0.0543 e. The van der Waals surface area contributed by atoms with Gasteiger partial charge in [-0.2, -0.15) is 0 Å². The van der Waals surface area contributed by atoms with Gasteiger partial charge >= 0.3 is 0 Å². The number of anilines is 4. The normalized spacial score (nSPS) is 12.0. The largest absolute Gasteiger partial charge is 0.354 e. The summed E-state index contributed by atoms with van der Waals surface area (Å²) in [5.41, 5.74) is 14.6. The zero-order chi connectivity index (χ0) is 45.5. The van der Waals surface area contributed by atoms with E-state index in [0.717, 1.165) is 56.1 Å².